The second-order valence-electron chi connectivity index (χ2n) is 10.8. The fourth-order valence-corrected chi connectivity index (χ4v) is 6.17. The van der Waals surface area contributed by atoms with Gasteiger partial charge in [-0.3, -0.25) is 9.59 Å². The van der Waals surface area contributed by atoms with Crippen molar-refractivity contribution in [3.63, 3.8) is 0 Å². The lowest BCUT2D eigenvalue weighted by Crippen LogP contribution is -2.31. The van der Waals surface area contributed by atoms with Gasteiger partial charge in [0, 0.05) is 46.5 Å². The van der Waals surface area contributed by atoms with E-state index in [9.17, 15) is 14.4 Å². The number of ketones is 2. The minimum atomic E-state index is -0.131. The summed E-state index contributed by atoms with van der Waals surface area (Å²) in [7, 11) is 0. The maximum Gasteiger partial charge on any atom is 0.254 e. The first kappa shape index (κ1) is 28.1. The highest BCUT2D eigenvalue weighted by Gasteiger charge is 2.37. The predicted molar refractivity (Wildman–Crippen MR) is 162 cm³/mol. The second kappa shape index (κ2) is 12.0. The zero-order valence-corrected chi connectivity index (χ0v) is 24.1. The van der Waals surface area contributed by atoms with E-state index >= 15 is 0 Å². The van der Waals surface area contributed by atoms with Gasteiger partial charge in [0.15, 0.2) is 5.78 Å². The zero-order valence-electron chi connectivity index (χ0n) is 22.6. The third-order valence-electron chi connectivity index (χ3n) is 7.71. The van der Waals surface area contributed by atoms with Gasteiger partial charge >= 0.3 is 0 Å². The Morgan fingerprint density at radius 2 is 1.43 bits per heavy atom. The topological polar surface area (TPSA) is 54.5 Å². The van der Waals surface area contributed by atoms with Crippen LogP contribution in [0.2, 0.25) is 10.0 Å². The van der Waals surface area contributed by atoms with E-state index in [1.165, 1.54) is 17.9 Å². The van der Waals surface area contributed by atoms with E-state index in [-0.39, 0.29) is 29.4 Å². The molecule has 4 nitrogen and oxygen atoms in total. The van der Waals surface area contributed by atoms with Gasteiger partial charge in [0.25, 0.3) is 5.91 Å². The van der Waals surface area contributed by atoms with Crippen LogP contribution >= 0.6 is 23.2 Å². The van der Waals surface area contributed by atoms with Crippen LogP contribution < -0.4 is 0 Å². The molecule has 5 rings (SSSR count). The van der Waals surface area contributed by atoms with Crippen molar-refractivity contribution in [2.45, 2.75) is 51.5 Å². The highest BCUT2D eigenvalue weighted by atomic mass is 35.5. The number of rotatable bonds is 8. The quantitative estimate of drug-likeness (QED) is 0.198. The standard InChI is InChI=1S/C34H31Cl2NO3/c1-21-6-7-26-15-27(13-12-25(26)14-21)32-18-29(28-16-30(35)19-31(36)17-28)20-37(32)34(40)24-10-8-23(9-11-24)33(39)5-3-4-22(2)38/h6-17,19,29,32H,3-5,18,20H2,1-2H3/t29-,32-/m1/s1. The van der Waals surface area contributed by atoms with Crippen LogP contribution in [0, 0.1) is 6.92 Å². The Morgan fingerprint density at radius 3 is 2.12 bits per heavy atom. The van der Waals surface area contributed by atoms with Gasteiger partial charge in [-0.1, -0.05) is 71.2 Å². The molecule has 0 spiro atoms. The van der Waals surface area contributed by atoms with E-state index in [4.69, 9.17) is 23.2 Å². The third-order valence-corrected chi connectivity index (χ3v) is 8.15. The highest BCUT2D eigenvalue weighted by molar-refractivity contribution is 6.34. The summed E-state index contributed by atoms with van der Waals surface area (Å²) < 4.78 is 0. The number of carbonyl (C=O) groups excluding carboxylic acids is 3. The summed E-state index contributed by atoms with van der Waals surface area (Å²) in [5, 5.41) is 3.46. The number of amides is 1. The van der Waals surface area contributed by atoms with Crippen LogP contribution in [-0.4, -0.2) is 28.9 Å². The molecule has 1 aliphatic rings. The fraction of sp³-hybridized carbons (Fsp3) is 0.265. The van der Waals surface area contributed by atoms with Gasteiger partial charge in [-0.2, -0.15) is 0 Å². The number of hydrogen-bond donors (Lipinski definition) is 0. The van der Waals surface area contributed by atoms with Crippen LogP contribution in [0.4, 0.5) is 0 Å². The van der Waals surface area contributed by atoms with E-state index in [2.05, 4.69) is 43.3 Å². The molecule has 1 saturated heterocycles. The summed E-state index contributed by atoms with van der Waals surface area (Å²) in [6.07, 6.45) is 1.98. The van der Waals surface area contributed by atoms with Crippen molar-refractivity contribution in [3.05, 3.63) is 117 Å². The molecule has 1 aliphatic heterocycles. The Labute approximate surface area is 244 Å². The van der Waals surface area contributed by atoms with Gasteiger partial charge < -0.3 is 9.69 Å². The summed E-state index contributed by atoms with van der Waals surface area (Å²) >= 11 is 12.7. The first-order valence-corrected chi connectivity index (χ1v) is 14.3. The molecular formula is C34H31Cl2NO3. The minimum Gasteiger partial charge on any atom is -0.331 e. The molecule has 0 unspecified atom stereocenters. The molecule has 1 fully saturated rings. The fourth-order valence-electron chi connectivity index (χ4n) is 5.63. The lowest BCUT2D eigenvalue weighted by atomic mass is 9.93. The van der Waals surface area contributed by atoms with Crippen LogP contribution in [0.15, 0.2) is 78.9 Å². The molecule has 204 valence electrons. The van der Waals surface area contributed by atoms with Crippen molar-refractivity contribution >= 4 is 51.4 Å². The van der Waals surface area contributed by atoms with Crippen LogP contribution in [0.25, 0.3) is 10.8 Å². The average Bonchev–Trinajstić information content (AvgIpc) is 3.37. The van der Waals surface area contributed by atoms with Gasteiger partial charge in [-0.05, 0) is 85.0 Å². The first-order valence-electron chi connectivity index (χ1n) is 13.6. The number of aryl methyl sites for hydroxylation is 1. The lowest BCUT2D eigenvalue weighted by Gasteiger charge is -2.25. The van der Waals surface area contributed by atoms with E-state index in [0.29, 0.717) is 47.0 Å². The molecule has 0 N–H and O–H groups in total. The molecule has 6 heteroatoms. The van der Waals surface area contributed by atoms with Crippen molar-refractivity contribution in [3.8, 4) is 0 Å². The molecule has 2 atom stereocenters. The van der Waals surface area contributed by atoms with E-state index < -0.39 is 0 Å². The molecule has 1 amide bonds. The number of nitrogens with zero attached hydrogens (tertiary/aromatic N) is 1. The molecular weight excluding hydrogens is 541 g/mol. The van der Waals surface area contributed by atoms with E-state index in [1.54, 1.807) is 30.3 Å². The van der Waals surface area contributed by atoms with Crippen molar-refractivity contribution in [1.82, 2.24) is 4.90 Å². The lowest BCUT2D eigenvalue weighted by molar-refractivity contribution is -0.117. The molecule has 40 heavy (non-hydrogen) atoms. The Hall–Kier alpha value is -3.47. The second-order valence-corrected chi connectivity index (χ2v) is 11.6. The van der Waals surface area contributed by atoms with Crippen molar-refractivity contribution in [1.29, 1.82) is 0 Å². The average molecular weight is 573 g/mol. The molecule has 0 aliphatic carbocycles. The SMILES string of the molecule is CC(=O)CCCC(=O)c1ccc(C(=O)N2C[C@H](c3cc(Cl)cc(Cl)c3)C[C@@H]2c2ccc3cc(C)ccc3c2)cc1. The van der Waals surface area contributed by atoms with Crippen molar-refractivity contribution in [2.24, 2.45) is 0 Å². The summed E-state index contributed by atoms with van der Waals surface area (Å²) in [6.45, 7) is 4.13. The summed E-state index contributed by atoms with van der Waals surface area (Å²) in [6, 6.07) is 25.1. The largest absolute Gasteiger partial charge is 0.331 e. The van der Waals surface area contributed by atoms with E-state index in [1.807, 2.05) is 17.0 Å². The Balaban J connectivity index is 1.43. The molecule has 0 radical (unpaired) electrons. The summed E-state index contributed by atoms with van der Waals surface area (Å²) in [4.78, 5) is 39.6. The predicted octanol–water partition coefficient (Wildman–Crippen LogP) is 8.77. The molecule has 0 saturated carbocycles. The molecule has 0 bridgehead atoms. The number of Topliss-reactive ketones (excluding diaryl/α,β-unsaturated/α-hetero) is 2. The maximum absolute atomic E-state index is 13.9. The number of hydrogen-bond acceptors (Lipinski definition) is 3. The van der Waals surface area contributed by atoms with Crippen molar-refractivity contribution < 1.29 is 14.4 Å². The summed E-state index contributed by atoms with van der Waals surface area (Å²) in [5.74, 6) is 0.0404. The minimum absolute atomic E-state index is 0.0244. The monoisotopic (exact) mass is 571 g/mol. The van der Waals surface area contributed by atoms with Gasteiger partial charge in [-0.15, -0.1) is 0 Å². The Kier molecular flexibility index (Phi) is 8.39. The Morgan fingerprint density at radius 1 is 0.775 bits per heavy atom. The molecule has 4 aromatic carbocycles. The van der Waals surface area contributed by atoms with E-state index in [0.717, 1.165) is 22.9 Å². The zero-order chi connectivity index (χ0) is 28.4. The smallest absolute Gasteiger partial charge is 0.254 e. The van der Waals surface area contributed by atoms with Gasteiger partial charge in [-0.25, -0.2) is 0 Å². The molecule has 0 aromatic heterocycles. The number of likely N-dealkylation sites (tertiary alicyclic amines) is 1. The third kappa shape index (κ3) is 6.29. The highest BCUT2D eigenvalue weighted by Crippen LogP contribution is 2.43. The number of benzene rings is 4. The van der Waals surface area contributed by atoms with Gasteiger partial charge in [0.05, 0.1) is 6.04 Å². The normalized spacial score (nSPS) is 16.9. The Bertz CT molecular complexity index is 1570. The van der Waals surface area contributed by atoms with Crippen LogP contribution in [0.5, 0.6) is 0 Å². The maximum atomic E-state index is 13.9. The van der Waals surface area contributed by atoms with Crippen LogP contribution in [0.3, 0.4) is 0 Å². The molecule has 4 aromatic rings. The first-order chi connectivity index (χ1) is 19.2. The van der Waals surface area contributed by atoms with Crippen molar-refractivity contribution in [2.75, 3.05) is 6.54 Å². The number of halogens is 2. The van der Waals surface area contributed by atoms with Crippen LogP contribution in [-0.2, 0) is 4.79 Å². The van der Waals surface area contributed by atoms with Crippen LogP contribution in [0.1, 0.15) is 82.0 Å². The van der Waals surface area contributed by atoms with Gasteiger partial charge in [0.1, 0.15) is 5.78 Å². The number of fused-ring (bicyclic) bond motifs is 1. The number of carbonyl (C=O) groups is 3. The van der Waals surface area contributed by atoms with Gasteiger partial charge in [0.2, 0.25) is 0 Å². The molecule has 1 heterocycles. The summed E-state index contributed by atoms with van der Waals surface area (Å²) in [5.41, 5.74) is 4.38.